The van der Waals surface area contributed by atoms with Crippen molar-refractivity contribution in [2.24, 2.45) is 0 Å². The summed E-state index contributed by atoms with van der Waals surface area (Å²) in [6, 6.07) is 5.70. The lowest BCUT2D eigenvalue weighted by Crippen LogP contribution is -1.81. The van der Waals surface area contributed by atoms with Gasteiger partial charge < -0.3 is 4.98 Å². The Labute approximate surface area is 68.9 Å². The molecule has 0 saturated carbocycles. The van der Waals surface area contributed by atoms with Crippen molar-refractivity contribution in [2.45, 2.75) is 0 Å². The van der Waals surface area contributed by atoms with Crippen LogP contribution in [0.5, 0.6) is 0 Å². The molecule has 11 heavy (non-hydrogen) atoms. The van der Waals surface area contributed by atoms with Crippen molar-refractivity contribution in [3.8, 4) is 0 Å². The predicted molar refractivity (Wildman–Crippen MR) is 46.9 cm³/mol. The second kappa shape index (κ2) is 2.43. The number of aromatic amines is 1. The average molecular weight is 162 g/mol. The molecule has 2 nitrogen and oxygen atoms in total. The van der Waals surface area contributed by atoms with E-state index in [9.17, 15) is 0 Å². The third kappa shape index (κ3) is 1.03. The van der Waals surface area contributed by atoms with Gasteiger partial charge in [-0.1, -0.05) is 12.2 Å². The zero-order valence-corrected chi connectivity index (χ0v) is 6.56. The van der Waals surface area contributed by atoms with E-state index in [1.807, 2.05) is 18.2 Å². The van der Waals surface area contributed by atoms with Crippen LogP contribution in [0.4, 0.5) is 0 Å². The lowest BCUT2D eigenvalue weighted by atomic mass is 10.3. The number of nitrogens with one attached hydrogen (secondary N) is 1. The summed E-state index contributed by atoms with van der Waals surface area (Å²) in [6.07, 6.45) is 3.55. The van der Waals surface area contributed by atoms with E-state index in [4.69, 9.17) is 12.2 Å². The zero-order valence-electron chi connectivity index (χ0n) is 5.74. The highest BCUT2D eigenvalue weighted by Gasteiger charge is 1.91. The summed E-state index contributed by atoms with van der Waals surface area (Å²) in [5, 5.41) is 1.00. The third-order valence-corrected chi connectivity index (χ3v) is 1.88. The SMILES string of the molecule is S=c1cc[nH]c2ncccc12. The Kier molecular flexibility index (Phi) is 1.43. The van der Waals surface area contributed by atoms with Crippen LogP contribution in [0.2, 0.25) is 0 Å². The van der Waals surface area contributed by atoms with Crippen molar-refractivity contribution in [3.05, 3.63) is 35.1 Å². The first-order valence-electron chi connectivity index (χ1n) is 3.30. The maximum atomic E-state index is 5.09. The molecule has 0 unspecified atom stereocenters. The van der Waals surface area contributed by atoms with Gasteiger partial charge in [0.15, 0.2) is 0 Å². The molecule has 2 aromatic heterocycles. The first kappa shape index (κ1) is 6.49. The molecule has 2 aromatic rings. The van der Waals surface area contributed by atoms with Crippen LogP contribution in [0.15, 0.2) is 30.6 Å². The van der Waals surface area contributed by atoms with Gasteiger partial charge in [0, 0.05) is 17.8 Å². The summed E-state index contributed by atoms with van der Waals surface area (Å²) in [5.74, 6) is 0. The van der Waals surface area contributed by atoms with Crippen molar-refractivity contribution in [2.75, 3.05) is 0 Å². The molecule has 0 fully saturated rings. The molecule has 0 saturated heterocycles. The van der Waals surface area contributed by atoms with E-state index in [-0.39, 0.29) is 0 Å². The highest BCUT2D eigenvalue weighted by atomic mass is 32.1. The minimum Gasteiger partial charge on any atom is -0.346 e. The van der Waals surface area contributed by atoms with Crippen LogP contribution in [0.3, 0.4) is 0 Å². The summed E-state index contributed by atoms with van der Waals surface area (Å²) >= 11 is 5.09. The van der Waals surface area contributed by atoms with Gasteiger partial charge in [0.25, 0.3) is 0 Å². The molecule has 0 atom stereocenters. The first-order chi connectivity index (χ1) is 5.38. The summed E-state index contributed by atoms with van der Waals surface area (Å²) in [7, 11) is 0. The van der Waals surface area contributed by atoms with Crippen LogP contribution >= 0.6 is 12.2 Å². The van der Waals surface area contributed by atoms with Crippen molar-refractivity contribution >= 4 is 23.3 Å². The van der Waals surface area contributed by atoms with E-state index < -0.39 is 0 Å². The quantitative estimate of drug-likeness (QED) is 0.602. The molecule has 54 valence electrons. The summed E-state index contributed by atoms with van der Waals surface area (Å²) in [5.41, 5.74) is 0.847. The fraction of sp³-hybridized carbons (Fsp3) is 0. The Balaban J connectivity index is 3.03. The summed E-state index contributed by atoms with van der Waals surface area (Å²) in [4.78, 5) is 7.13. The largest absolute Gasteiger partial charge is 0.346 e. The normalized spacial score (nSPS) is 10.2. The van der Waals surface area contributed by atoms with Gasteiger partial charge in [-0.2, -0.15) is 0 Å². The number of H-pyrrole nitrogens is 1. The van der Waals surface area contributed by atoms with Gasteiger partial charge in [-0.3, -0.25) is 0 Å². The topological polar surface area (TPSA) is 28.7 Å². The van der Waals surface area contributed by atoms with Crippen LogP contribution in [0, 0.1) is 4.51 Å². The van der Waals surface area contributed by atoms with Gasteiger partial charge >= 0.3 is 0 Å². The highest BCUT2D eigenvalue weighted by molar-refractivity contribution is 7.71. The van der Waals surface area contributed by atoms with Gasteiger partial charge in [-0.15, -0.1) is 0 Å². The molecule has 3 heteroatoms. The number of fused-ring (bicyclic) bond motifs is 1. The van der Waals surface area contributed by atoms with E-state index in [0.717, 1.165) is 15.5 Å². The van der Waals surface area contributed by atoms with Crippen LogP contribution < -0.4 is 0 Å². The average Bonchev–Trinajstić information content (AvgIpc) is 2.06. The molecule has 0 spiro atoms. The lowest BCUT2D eigenvalue weighted by Gasteiger charge is -1.93. The number of hydrogen-bond acceptors (Lipinski definition) is 2. The molecule has 0 radical (unpaired) electrons. The van der Waals surface area contributed by atoms with E-state index in [2.05, 4.69) is 9.97 Å². The second-order valence-electron chi connectivity index (χ2n) is 2.24. The third-order valence-electron chi connectivity index (χ3n) is 1.53. The van der Waals surface area contributed by atoms with Gasteiger partial charge in [0.1, 0.15) is 5.65 Å². The molecule has 0 aliphatic heterocycles. The maximum Gasteiger partial charge on any atom is 0.138 e. The van der Waals surface area contributed by atoms with E-state index in [1.165, 1.54) is 0 Å². The number of nitrogens with zero attached hydrogens (tertiary/aromatic N) is 1. The maximum absolute atomic E-state index is 5.09. The van der Waals surface area contributed by atoms with Crippen molar-refractivity contribution in [1.82, 2.24) is 9.97 Å². The predicted octanol–water partition coefficient (Wildman–Crippen LogP) is 2.29. The highest BCUT2D eigenvalue weighted by Crippen LogP contribution is 2.08. The lowest BCUT2D eigenvalue weighted by molar-refractivity contribution is 1.28. The monoisotopic (exact) mass is 162 g/mol. The smallest absolute Gasteiger partial charge is 0.138 e. The van der Waals surface area contributed by atoms with Crippen LogP contribution in [-0.4, -0.2) is 9.97 Å². The number of aromatic nitrogens is 2. The molecule has 0 bridgehead atoms. The van der Waals surface area contributed by atoms with Crippen LogP contribution in [0.1, 0.15) is 0 Å². The number of pyridine rings is 2. The Hall–Kier alpha value is -1.22. The fourth-order valence-corrected chi connectivity index (χ4v) is 1.24. The zero-order chi connectivity index (χ0) is 7.68. The van der Waals surface area contributed by atoms with E-state index in [0.29, 0.717) is 0 Å². The molecule has 2 heterocycles. The van der Waals surface area contributed by atoms with Gasteiger partial charge in [0.2, 0.25) is 0 Å². The molecular weight excluding hydrogens is 156 g/mol. The van der Waals surface area contributed by atoms with Gasteiger partial charge in [-0.05, 0) is 18.2 Å². The van der Waals surface area contributed by atoms with Gasteiger partial charge in [-0.25, -0.2) is 4.98 Å². The second-order valence-corrected chi connectivity index (χ2v) is 2.68. The van der Waals surface area contributed by atoms with Crippen LogP contribution in [-0.2, 0) is 0 Å². The molecule has 0 aliphatic carbocycles. The molecule has 0 aliphatic rings. The van der Waals surface area contributed by atoms with Crippen LogP contribution in [0.25, 0.3) is 11.0 Å². The fourth-order valence-electron chi connectivity index (χ4n) is 1.01. The molecule has 1 N–H and O–H groups in total. The summed E-state index contributed by atoms with van der Waals surface area (Å²) < 4.78 is 0.840. The summed E-state index contributed by atoms with van der Waals surface area (Å²) in [6.45, 7) is 0. The van der Waals surface area contributed by atoms with Crippen molar-refractivity contribution in [1.29, 1.82) is 0 Å². The minimum atomic E-state index is 0.840. The molecule has 0 aromatic carbocycles. The molecular formula is C8H6N2S. The minimum absolute atomic E-state index is 0.840. The Bertz CT molecular complexity index is 428. The van der Waals surface area contributed by atoms with Crippen molar-refractivity contribution in [3.63, 3.8) is 0 Å². The van der Waals surface area contributed by atoms with E-state index >= 15 is 0 Å². The number of hydrogen-bond donors (Lipinski definition) is 1. The molecule has 2 rings (SSSR count). The van der Waals surface area contributed by atoms with E-state index in [1.54, 1.807) is 12.4 Å². The first-order valence-corrected chi connectivity index (χ1v) is 3.71. The Morgan fingerprint density at radius 2 is 2.27 bits per heavy atom. The standard InChI is InChI=1S/C8H6N2S/c11-7-3-5-10-8-6(7)2-1-4-9-8/h1-5H,(H,9,10,11). The van der Waals surface area contributed by atoms with Crippen molar-refractivity contribution < 1.29 is 0 Å². The number of rotatable bonds is 0. The van der Waals surface area contributed by atoms with Gasteiger partial charge in [0.05, 0.1) is 4.51 Å². The molecule has 0 amide bonds. The Morgan fingerprint density at radius 3 is 3.09 bits per heavy atom. The Morgan fingerprint density at radius 1 is 1.36 bits per heavy atom.